The lowest BCUT2D eigenvalue weighted by Gasteiger charge is -2.33. The molecule has 20 heavy (non-hydrogen) atoms. The highest BCUT2D eigenvalue weighted by Crippen LogP contribution is 2.49. The zero-order valence-corrected chi connectivity index (χ0v) is 13.3. The van der Waals surface area contributed by atoms with Gasteiger partial charge in [-0.25, -0.2) is 8.42 Å². The zero-order chi connectivity index (χ0) is 15.3. The van der Waals surface area contributed by atoms with E-state index in [2.05, 4.69) is 6.58 Å². The first-order valence-corrected chi connectivity index (χ1v) is 8.51. The molecule has 2 rings (SSSR count). The molecule has 0 fully saturated rings. The number of nitrogens with two attached hydrogens (primary N) is 1. The molecule has 2 N–H and O–H groups in total. The molecular formula is C14H17NO3S2. The highest BCUT2D eigenvalue weighted by Gasteiger charge is 2.44. The first kappa shape index (κ1) is 15.1. The highest BCUT2D eigenvalue weighted by atomic mass is 32.2. The smallest absolute Gasteiger partial charge is 0.249 e. The topological polar surface area (TPSA) is 77.2 Å². The molecule has 0 saturated heterocycles. The Hall–Kier alpha value is -1.27. The number of carbonyl (C=O) groups excluding carboxylic acids is 1. The van der Waals surface area contributed by atoms with Crippen molar-refractivity contribution in [2.45, 2.75) is 41.7 Å². The van der Waals surface area contributed by atoms with Gasteiger partial charge in [-0.05, 0) is 38.0 Å². The molecule has 1 aliphatic heterocycles. The van der Waals surface area contributed by atoms with Crippen LogP contribution in [-0.4, -0.2) is 19.1 Å². The van der Waals surface area contributed by atoms with Crippen LogP contribution in [0.5, 0.6) is 0 Å². The second kappa shape index (κ2) is 4.63. The Morgan fingerprint density at radius 3 is 2.50 bits per heavy atom. The molecule has 6 heteroatoms. The minimum absolute atomic E-state index is 0.172. The van der Waals surface area contributed by atoms with Crippen molar-refractivity contribution < 1.29 is 13.2 Å². The minimum atomic E-state index is -3.58. The van der Waals surface area contributed by atoms with Gasteiger partial charge in [-0.3, -0.25) is 4.79 Å². The van der Waals surface area contributed by atoms with Crippen molar-refractivity contribution in [3.05, 3.63) is 34.7 Å². The number of amides is 1. The summed E-state index contributed by atoms with van der Waals surface area (Å²) in [5, 5.41) is 0. The Morgan fingerprint density at radius 2 is 2.00 bits per heavy atom. The zero-order valence-electron chi connectivity index (χ0n) is 11.7. The lowest BCUT2D eigenvalue weighted by Crippen LogP contribution is -2.36. The van der Waals surface area contributed by atoms with Crippen LogP contribution in [0.1, 0.15) is 36.7 Å². The monoisotopic (exact) mass is 311 g/mol. The number of primary amides is 1. The SMILES string of the molecule is C=C1Sc2cc(CC)c(C(N)=O)cc2S(=O)(=O)C1(C)C. The van der Waals surface area contributed by atoms with Crippen LogP contribution in [0.4, 0.5) is 0 Å². The van der Waals surface area contributed by atoms with Gasteiger partial charge in [-0.15, -0.1) is 0 Å². The van der Waals surface area contributed by atoms with Gasteiger partial charge in [0.25, 0.3) is 0 Å². The van der Waals surface area contributed by atoms with E-state index in [-0.39, 0.29) is 10.5 Å². The summed E-state index contributed by atoms with van der Waals surface area (Å²) in [5.41, 5.74) is 6.38. The van der Waals surface area contributed by atoms with Crippen LogP contribution >= 0.6 is 11.8 Å². The lowest BCUT2D eigenvalue weighted by molar-refractivity contribution is 0.0999. The number of benzene rings is 1. The van der Waals surface area contributed by atoms with Crippen molar-refractivity contribution >= 4 is 27.5 Å². The molecule has 1 aliphatic rings. The fraction of sp³-hybridized carbons (Fsp3) is 0.357. The predicted molar refractivity (Wildman–Crippen MR) is 80.6 cm³/mol. The lowest BCUT2D eigenvalue weighted by atomic mass is 10.0. The maximum Gasteiger partial charge on any atom is 0.249 e. The fourth-order valence-electron chi connectivity index (χ4n) is 2.09. The summed E-state index contributed by atoms with van der Waals surface area (Å²) >= 11 is 1.35. The first-order chi connectivity index (χ1) is 9.12. The van der Waals surface area contributed by atoms with E-state index in [0.717, 1.165) is 5.56 Å². The van der Waals surface area contributed by atoms with Crippen LogP contribution in [0, 0.1) is 0 Å². The van der Waals surface area contributed by atoms with E-state index < -0.39 is 20.5 Å². The third-order valence-electron chi connectivity index (χ3n) is 3.68. The average Bonchev–Trinajstić information content (AvgIpc) is 2.35. The van der Waals surface area contributed by atoms with Gasteiger partial charge in [0.2, 0.25) is 5.91 Å². The maximum atomic E-state index is 12.7. The number of aryl methyl sites for hydroxylation is 1. The van der Waals surface area contributed by atoms with E-state index in [9.17, 15) is 13.2 Å². The van der Waals surface area contributed by atoms with Gasteiger partial charge >= 0.3 is 0 Å². The van der Waals surface area contributed by atoms with Gasteiger partial charge in [0, 0.05) is 15.4 Å². The molecule has 108 valence electrons. The summed E-state index contributed by atoms with van der Waals surface area (Å²) in [6.07, 6.45) is 0.613. The van der Waals surface area contributed by atoms with E-state index in [1.165, 1.54) is 17.8 Å². The predicted octanol–water partition coefficient (Wildman–Crippen LogP) is 2.52. The average molecular weight is 311 g/mol. The van der Waals surface area contributed by atoms with Crippen LogP contribution in [0.3, 0.4) is 0 Å². The van der Waals surface area contributed by atoms with Crippen LogP contribution in [0.2, 0.25) is 0 Å². The number of hydrogen-bond acceptors (Lipinski definition) is 4. The van der Waals surface area contributed by atoms with E-state index in [1.807, 2.05) is 6.92 Å². The van der Waals surface area contributed by atoms with Crippen LogP contribution < -0.4 is 5.73 Å². The van der Waals surface area contributed by atoms with Crippen LogP contribution in [0.15, 0.2) is 33.4 Å². The van der Waals surface area contributed by atoms with E-state index in [4.69, 9.17) is 5.73 Å². The quantitative estimate of drug-likeness (QED) is 0.910. The molecule has 1 heterocycles. The second-order valence-electron chi connectivity index (χ2n) is 5.21. The molecule has 0 spiro atoms. The Labute approximate surface area is 123 Å². The van der Waals surface area contributed by atoms with Crippen LogP contribution in [-0.2, 0) is 16.3 Å². The van der Waals surface area contributed by atoms with E-state index in [0.29, 0.717) is 16.2 Å². The van der Waals surface area contributed by atoms with Crippen molar-refractivity contribution in [1.29, 1.82) is 0 Å². The van der Waals surface area contributed by atoms with Crippen molar-refractivity contribution in [1.82, 2.24) is 0 Å². The van der Waals surface area contributed by atoms with Gasteiger partial charge in [0.15, 0.2) is 9.84 Å². The minimum Gasteiger partial charge on any atom is -0.366 e. The Balaban J connectivity index is 2.82. The third-order valence-corrected chi connectivity index (χ3v) is 7.76. The number of hydrogen-bond donors (Lipinski definition) is 1. The Bertz CT molecular complexity index is 718. The molecule has 0 bridgehead atoms. The Morgan fingerprint density at radius 1 is 1.40 bits per heavy atom. The number of fused-ring (bicyclic) bond motifs is 1. The molecule has 0 atom stereocenters. The molecule has 0 radical (unpaired) electrons. The van der Waals surface area contributed by atoms with Gasteiger partial charge in [0.1, 0.15) is 4.75 Å². The van der Waals surface area contributed by atoms with Gasteiger partial charge in [-0.2, -0.15) is 0 Å². The molecule has 1 amide bonds. The first-order valence-electron chi connectivity index (χ1n) is 6.21. The van der Waals surface area contributed by atoms with Gasteiger partial charge < -0.3 is 5.73 Å². The summed E-state index contributed by atoms with van der Waals surface area (Å²) in [7, 11) is -3.58. The van der Waals surface area contributed by atoms with Gasteiger partial charge in [0.05, 0.1) is 4.90 Å². The largest absolute Gasteiger partial charge is 0.366 e. The van der Waals surface area contributed by atoms with Crippen LogP contribution in [0.25, 0.3) is 0 Å². The number of thioether (sulfide) groups is 1. The van der Waals surface area contributed by atoms with Gasteiger partial charge in [-0.1, -0.05) is 25.3 Å². The summed E-state index contributed by atoms with van der Waals surface area (Å²) in [6, 6.07) is 3.14. The van der Waals surface area contributed by atoms with E-state index in [1.54, 1.807) is 19.9 Å². The highest BCUT2D eigenvalue weighted by molar-refractivity contribution is 8.06. The second-order valence-corrected chi connectivity index (χ2v) is 8.82. The van der Waals surface area contributed by atoms with E-state index >= 15 is 0 Å². The summed E-state index contributed by atoms with van der Waals surface area (Å²) in [6.45, 7) is 9.01. The molecule has 1 aromatic carbocycles. The van der Waals surface area contributed by atoms with Crippen molar-refractivity contribution in [2.75, 3.05) is 0 Å². The fourth-order valence-corrected chi connectivity index (χ4v) is 5.32. The number of sulfone groups is 1. The van der Waals surface area contributed by atoms with Crippen molar-refractivity contribution in [3.63, 3.8) is 0 Å². The maximum absolute atomic E-state index is 12.7. The molecule has 0 aliphatic carbocycles. The summed E-state index contributed by atoms with van der Waals surface area (Å²) < 4.78 is 24.3. The van der Waals surface area contributed by atoms with Crippen molar-refractivity contribution in [2.24, 2.45) is 5.73 Å². The summed E-state index contributed by atoms with van der Waals surface area (Å²) in [4.78, 5) is 12.9. The van der Waals surface area contributed by atoms with Crippen molar-refractivity contribution in [3.8, 4) is 0 Å². The third kappa shape index (κ3) is 1.98. The molecule has 0 unspecified atom stereocenters. The molecular weight excluding hydrogens is 294 g/mol. The normalized spacial score (nSPS) is 19.4. The molecule has 0 aromatic heterocycles. The molecule has 4 nitrogen and oxygen atoms in total. The number of rotatable bonds is 2. The Kier molecular flexibility index (Phi) is 3.50. The molecule has 0 saturated carbocycles. The summed E-state index contributed by atoms with van der Waals surface area (Å²) in [5.74, 6) is -0.605. The standard InChI is InChI=1S/C14H17NO3S2/c1-5-9-6-11-12(7-10(9)13(15)16)20(17,18)14(3,4)8(2)19-11/h6-7H,2,5H2,1,3-4H3,(H2,15,16). The molecule has 1 aromatic rings. The number of carbonyl (C=O) groups is 1.